The molecule has 0 fully saturated rings. The van der Waals surface area contributed by atoms with Crippen LogP contribution in [0, 0.1) is 10.1 Å². The molecule has 5 nitrogen and oxygen atoms in total. The van der Waals surface area contributed by atoms with Crippen LogP contribution in [0.4, 0.5) is 17.1 Å². The SMILES string of the molecule is O=[N+]([O-])c1ccc([C@H]2CC(c3ccc(Br)cc3)=Nc3ccccc3N2)cc1. The zero-order chi connectivity index (χ0) is 18.8. The van der Waals surface area contributed by atoms with Crippen molar-refractivity contribution in [1.29, 1.82) is 0 Å². The van der Waals surface area contributed by atoms with Crippen molar-refractivity contribution < 1.29 is 4.92 Å². The average molecular weight is 422 g/mol. The molecule has 1 aliphatic heterocycles. The Morgan fingerprint density at radius 1 is 1.00 bits per heavy atom. The molecule has 0 aromatic heterocycles. The molecule has 1 N–H and O–H groups in total. The van der Waals surface area contributed by atoms with Gasteiger partial charge in [-0.25, -0.2) is 0 Å². The number of benzene rings is 3. The van der Waals surface area contributed by atoms with Gasteiger partial charge in [-0.15, -0.1) is 0 Å². The fourth-order valence-electron chi connectivity index (χ4n) is 3.17. The zero-order valence-electron chi connectivity index (χ0n) is 14.3. The Morgan fingerprint density at radius 2 is 1.70 bits per heavy atom. The van der Waals surface area contributed by atoms with Crippen molar-refractivity contribution in [2.45, 2.75) is 12.5 Å². The van der Waals surface area contributed by atoms with E-state index in [2.05, 4.69) is 21.2 Å². The lowest BCUT2D eigenvalue weighted by Crippen LogP contribution is -2.14. The number of aliphatic imine (C=N–C) groups is 1. The topological polar surface area (TPSA) is 67.5 Å². The van der Waals surface area contributed by atoms with Crippen LogP contribution in [0.15, 0.2) is 82.3 Å². The molecule has 0 saturated carbocycles. The molecule has 134 valence electrons. The lowest BCUT2D eigenvalue weighted by atomic mass is 9.97. The first-order valence-corrected chi connectivity index (χ1v) is 9.33. The molecule has 6 heteroatoms. The van der Waals surface area contributed by atoms with E-state index in [9.17, 15) is 10.1 Å². The summed E-state index contributed by atoms with van der Waals surface area (Å²) < 4.78 is 1.02. The van der Waals surface area contributed by atoms with E-state index in [4.69, 9.17) is 4.99 Å². The minimum atomic E-state index is -0.381. The third-order valence-corrected chi connectivity index (χ3v) is 5.10. The van der Waals surface area contributed by atoms with Gasteiger partial charge in [0.05, 0.1) is 28.1 Å². The maximum atomic E-state index is 10.9. The molecular formula is C21H16BrN3O2. The second-order valence-electron chi connectivity index (χ2n) is 6.33. The highest BCUT2D eigenvalue weighted by Gasteiger charge is 2.21. The van der Waals surface area contributed by atoms with Gasteiger partial charge < -0.3 is 5.32 Å². The van der Waals surface area contributed by atoms with E-state index in [1.807, 2.05) is 60.7 Å². The summed E-state index contributed by atoms with van der Waals surface area (Å²) in [7, 11) is 0. The molecule has 3 aromatic carbocycles. The maximum absolute atomic E-state index is 10.9. The molecule has 0 aliphatic carbocycles. The number of fused-ring (bicyclic) bond motifs is 1. The third kappa shape index (κ3) is 3.75. The van der Waals surface area contributed by atoms with Crippen molar-refractivity contribution in [1.82, 2.24) is 0 Å². The van der Waals surface area contributed by atoms with Gasteiger partial charge in [0.1, 0.15) is 0 Å². The van der Waals surface area contributed by atoms with Gasteiger partial charge in [0.25, 0.3) is 5.69 Å². The predicted molar refractivity (Wildman–Crippen MR) is 111 cm³/mol. The number of nitro groups is 1. The highest BCUT2D eigenvalue weighted by molar-refractivity contribution is 9.10. The Bertz CT molecular complexity index is 1010. The fraction of sp³-hybridized carbons (Fsp3) is 0.0952. The van der Waals surface area contributed by atoms with E-state index in [-0.39, 0.29) is 16.7 Å². The van der Waals surface area contributed by atoms with Gasteiger partial charge >= 0.3 is 0 Å². The van der Waals surface area contributed by atoms with Gasteiger partial charge in [0, 0.05) is 23.0 Å². The van der Waals surface area contributed by atoms with Crippen LogP contribution in [0.3, 0.4) is 0 Å². The zero-order valence-corrected chi connectivity index (χ0v) is 15.9. The molecule has 3 aromatic rings. The molecule has 0 amide bonds. The largest absolute Gasteiger partial charge is 0.376 e. The van der Waals surface area contributed by atoms with E-state index in [1.165, 1.54) is 0 Å². The first kappa shape index (κ1) is 17.4. The monoisotopic (exact) mass is 421 g/mol. The van der Waals surface area contributed by atoms with E-state index >= 15 is 0 Å². The lowest BCUT2D eigenvalue weighted by Gasteiger charge is -2.19. The second kappa shape index (κ2) is 7.32. The standard InChI is InChI=1S/C21H16BrN3O2/c22-16-9-5-14(6-10-16)20-13-21(15-7-11-17(12-8-15)25(26)27)24-19-4-2-1-3-18(19)23-20/h1-12,21,24H,13H2/t21-/m1/s1. The van der Waals surface area contributed by atoms with Gasteiger partial charge in [-0.2, -0.15) is 0 Å². The molecular weight excluding hydrogens is 406 g/mol. The molecule has 0 radical (unpaired) electrons. The lowest BCUT2D eigenvalue weighted by molar-refractivity contribution is -0.384. The number of hydrogen-bond acceptors (Lipinski definition) is 4. The van der Waals surface area contributed by atoms with Crippen molar-refractivity contribution in [3.8, 4) is 0 Å². The first-order valence-electron chi connectivity index (χ1n) is 8.53. The Morgan fingerprint density at radius 3 is 2.41 bits per heavy atom. The third-order valence-electron chi connectivity index (χ3n) is 4.57. The van der Waals surface area contributed by atoms with Gasteiger partial charge in [-0.3, -0.25) is 15.1 Å². The van der Waals surface area contributed by atoms with Gasteiger partial charge in [-0.1, -0.05) is 52.3 Å². The van der Waals surface area contributed by atoms with Crippen LogP contribution >= 0.6 is 15.9 Å². The minimum Gasteiger partial charge on any atom is -0.376 e. The summed E-state index contributed by atoms with van der Waals surface area (Å²) in [6.07, 6.45) is 0.675. The Labute approximate surface area is 165 Å². The van der Waals surface area contributed by atoms with E-state index in [0.29, 0.717) is 6.42 Å². The van der Waals surface area contributed by atoms with Crippen LogP contribution in [-0.4, -0.2) is 10.6 Å². The average Bonchev–Trinajstić information content (AvgIpc) is 2.88. The Kier molecular flexibility index (Phi) is 4.73. The van der Waals surface area contributed by atoms with Crippen LogP contribution in [-0.2, 0) is 0 Å². The molecule has 1 aliphatic rings. The normalized spacial score (nSPS) is 15.9. The molecule has 1 atom stereocenters. The van der Waals surface area contributed by atoms with E-state index in [1.54, 1.807) is 12.1 Å². The summed E-state index contributed by atoms with van der Waals surface area (Å²) in [4.78, 5) is 15.4. The maximum Gasteiger partial charge on any atom is 0.269 e. The second-order valence-corrected chi connectivity index (χ2v) is 7.25. The summed E-state index contributed by atoms with van der Waals surface area (Å²) in [5, 5.41) is 14.5. The van der Waals surface area contributed by atoms with E-state index < -0.39 is 0 Å². The van der Waals surface area contributed by atoms with Crippen molar-refractivity contribution in [3.63, 3.8) is 0 Å². The van der Waals surface area contributed by atoms with Crippen LogP contribution in [0.1, 0.15) is 23.6 Å². The van der Waals surface area contributed by atoms with Gasteiger partial charge in [0.15, 0.2) is 0 Å². The minimum absolute atomic E-state index is 0.0307. The first-order chi connectivity index (χ1) is 13.1. The molecule has 0 spiro atoms. The highest BCUT2D eigenvalue weighted by atomic mass is 79.9. The van der Waals surface area contributed by atoms with Crippen molar-refractivity contribution in [2.24, 2.45) is 4.99 Å². The van der Waals surface area contributed by atoms with Crippen LogP contribution in [0.2, 0.25) is 0 Å². The molecule has 0 saturated heterocycles. The van der Waals surface area contributed by atoms with Gasteiger partial charge in [-0.05, 0) is 35.4 Å². The van der Waals surface area contributed by atoms with Gasteiger partial charge in [0.2, 0.25) is 0 Å². The Hall–Kier alpha value is -2.99. The quantitative estimate of drug-likeness (QED) is 0.414. The van der Waals surface area contributed by atoms with E-state index in [0.717, 1.165) is 32.7 Å². The molecule has 0 unspecified atom stereocenters. The van der Waals surface area contributed by atoms with Crippen molar-refractivity contribution in [2.75, 3.05) is 5.32 Å². The predicted octanol–water partition coefficient (Wildman–Crippen LogP) is 6.04. The number of nitrogens with one attached hydrogen (secondary N) is 1. The van der Waals surface area contributed by atoms with Crippen LogP contribution < -0.4 is 5.32 Å². The number of anilines is 1. The number of para-hydroxylation sites is 2. The smallest absolute Gasteiger partial charge is 0.269 e. The van der Waals surface area contributed by atoms with Crippen LogP contribution in [0.5, 0.6) is 0 Å². The van der Waals surface area contributed by atoms with Crippen LogP contribution in [0.25, 0.3) is 0 Å². The van der Waals surface area contributed by atoms with Crippen molar-refractivity contribution >= 4 is 38.7 Å². The molecule has 4 rings (SSSR count). The molecule has 27 heavy (non-hydrogen) atoms. The molecule has 1 heterocycles. The highest BCUT2D eigenvalue weighted by Crippen LogP contribution is 2.35. The fourth-order valence-corrected chi connectivity index (χ4v) is 3.43. The molecule has 0 bridgehead atoms. The number of hydrogen-bond donors (Lipinski definition) is 1. The summed E-state index contributed by atoms with van der Waals surface area (Å²) >= 11 is 3.47. The summed E-state index contributed by atoms with van der Waals surface area (Å²) in [5.41, 5.74) is 4.95. The number of nitrogens with zero attached hydrogens (tertiary/aromatic N) is 2. The number of halogens is 1. The summed E-state index contributed by atoms with van der Waals surface area (Å²) in [5.74, 6) is 0. The summed E-state index contributed by atoms with van der Waals surface area (Å²) in [6, 6.07) is 22.7. The summed E-state index contributed by atoms with van der Waals surface area (Å²) in [6.45, 7) is 0. The van der Waals surface area contributed by atoms with Crippen molar-refractivity contribution in [3.05, 3.63) is 98.5 Å². The number of non-ortho nitro benzene ring substituents is 1. The Balaban J connectivity index is 1.75. The number of nitro benzene ring substituents is 1. The number of rotatable bonds is 3.